The molecule has 0 heterocycles. The first-order valence-electron chi connectivity index (χ1n) is 4.65. The monoisotopic (exact) mass is 186 g/mol. The molecule has 78 valence electrons. The van der Waals surface area contributed by atoms with Gasteiger partial charge in [0.1, 0.15) is 0 Å². The minimum atomic E-state index is -0.708. The van der Waals surface area contributed by atoms with E-state index in [0.717, 1.165) is 0 Å². The van der Waals surface area contributed by atoms with E-state index in [4.69, 9.17) is 5.11 Å². The Labute approximate surface area is 81.7 Å². The summed E-state index contributed by atoms with van der Waals surface area (Å²) < 4.78 is 0. The molecule has 0 saturated heterocycles. The lowest BCUT2D eigenvalue weighted by Crippen LogP contribution is -2.15. The molecule has 0 amide bonds. The van der Waals surface area contributed by atoms with Crippen molar-refractivity contribution in [3.63, 3.8) is 0 Å². The molecule has 0 saturated carbocycles. The van der Waals surface area contributed by atoms with E-state index in [0.29, 0.717) is 0 Å². The number of hydrogen-bond donors (Lipinski definition) is 1. The van der Waals surface area contributed by atoms with Crippen molar-refractivity contribution in [1.82, 2.24) is 0 Å². The number of rotatable bonds is 2. The van der Waals surface area contributed by atoms with Crippen LogP contribution in [0.2, 0.25) is 0 Å². The molecule has 0 radical (unpaired) electrons. The zero-order valence-corrected chi connectivity index (χ0v) is 9.59. The van der Waals surface area contributed by atoms with Crippen LogP contribution in [0, 0.1) is 11.8 Å². The van der Waals surface area contributed by atoms with Crippen molar-refractivity contribution < 1.29 is 9.90 Å². The predicted octanol–water partition coefficient (Wildman–Crippen LogP) is 3.34. The third-order valence-corrected chi connectivity index (χ3v) is 1.97. The average molecular weight is 186 g/mol. The van der Waals surface area contributed by atoms with Crippen LogP contribution in [0.5, 0.6) is 0 Å². The fourth-order valence-electron chi connectivity index (χ4n) is 0.285. The lowest BCUT2D eigenvalue weighted by Gasteiger charge is -2.07. The molecule has 0 aliphatic carbocycles. The van der Waals surface area contributed by atoms with Crippen LogP contribution >= 0.6 is 0 Å². The molecule has 0 spiro atoms. The second-order valence-electron chi connectivity index (χ2n) is 3.74. The Balaban J connectivity index is 0. The summed E-state index contributed by atoms with van der Waals surface area (Å²) in [5.41, 5.74) is 1.38. The molecule has 1 atom stereocenters. The van der Waals surface area contributed by atoms with Gasteiger partial charge in [0.05, 0.1) is 5.92 Å². The fourth-order valence-corrected chi connectivity index (χ4v) is 0.285. The van der Waals surface area contributed by atoms with Gasteiger partial charge in [-0.15, -0.1) is 0 Å². The summed E-state index contributed by atoms with van der Waals surface area (Å²) >= 11 is 0. The standard InChI is InChI=1S/C6H12O2.C5H10/c1-4(2)5(3)6(7)8;1-4-5(2)3/h4-5H,1-3H3,(H,7,8);4H,1-3H3. The van der Waals surface area contributed by atoms with E-state index in [2.05, 4.69) is 19.9 Å². The van der Waals surface area contributed by atoms with Crippen molar-refractivity contribution in [3.8, 4) is 0 Å². The molecule has 0 bridgehead atoms. The van der Waals surface area contributed by atoms with Crippen molar-refractivity contribution >= 4 is 5.97 Å². The predicted molar refractivity (Wildman–Crippen MR) is 56.7 cm³/mol. The van der Waals surface area contributed by atoms with E-state index in [1.54, 1.807) is 6.92 Å². The maximum atomic E-state index is 10.1. The van der Waals surface area contributed by atoms with E-state index >= 15 is 0 Å². The van der Waals surface area contributed by atoms with Crippen LogP contribution in [-0.2, 0) is 4.79 Å². The average Bonchev–Trinajstić information content (AvgIpc) is 2.03. The van der Waals surface area contributed by atoms with Gasteiger partial charge in [-0.1, -0.05) is 32.4 Å². The molecule has 0 aromatic heterocycles. The van der Waals surface area contributed by atoms with Gasteiger partial charge < -0.3 is 5.11 Å². The maximum Gasteiger partial charge on any atom is 0.306 e. The molecule has 2 heteroatoms. The Kier molecular flexibility index (Phi) is 8.87. The first-order valence-corrected chi connectivity index (χ1v) is 4.65. The van der Waals surface area contributed by atoms with E-state index in [1.807, 2.05) is 20.8 Å². The quantitative estimate of drug-likeness (QED) is 0.671. The van der Waals surface area contributed by atoms with Gasteiger partial charge in [0.2, 0.25) is 0 Å². The second kappa shape index (κ2) is 7.84. The van der Waals surface area contributed by atoms with Crippen molar-refractivity contribution in [1.29, 1.82) is 0 Å². The van der Waals surface area contributed by atoms with Crippen LogP contribution in [0.15, 0.2) is 11.6 Å². The van der Waals surface area contributed by atoms with Crippen LogP contribution in [-0.4, -0.2) is 11.1 Å². The van der Waals surface area contributed by atoms with Gasteiger partial charge in [-0.2, -0.15) is 0 Å². The molecule has 0 aromatic carbocycles. The zero-order chi connectivity index (χ0) is 11.0. The number of hydrogen-bond acceptors (Lipinski definition) is 1. The Hall–Kier alpha value is -0.790. The Morgan fingerprint density at radius 1 is 1.23 bits per heavy atom. The van der Waals surface area contributed by atoms with Crippen molar-refractivity contribution in [2.45, 2.75) is 41.5 Å². The second-order valence-corrected chi connectivity index (χ2v) is 3.74. The molecule has 1 unspecified atom stereocenters. The van der Waals surface area contributed by atoms with Crippen LogP contribution in [0.25, 0.3) is 0 Å². The van der Waals surface area contributed by atoms with Crippen LogP contribution in [0.1, 0.15) is 41.5 Å². The molecule has 0 fully saturated rings. The first-order chi connectivity index (χ1) is 5.82. The highest BCUT2D eigenvalue weighted by atomic mass is 16.4. The Morgan fingerprint density at radius 2 is 1.54 bits per heavy atom. The van der Waals surface area contributed by atoms with E-state index in [9.17, 15) is 4.79 Å². The van der Waals surface area contributed by atoms with Crippen LogP contribution < -0.4 is 0 Å². The van der Waals surface area contributed by atoms with Gasteiger partial charge in [0, 0.05) is 0 Å². The number of allylic oxidation sites excluding steroid dienone is 2. The van der Waals surface area contributed by atoms with E-state index in [1.165, 1.54) is 5.57 Å². The van der Waals surface area contributed by atoms with E-state index < -0.39 is 5.97 Å². The van der Waals surface area contributed by atoms with Gasteiger partial charge in [0.15, 0.2) is 0 Å². The maximum absolute atomic E-state index is 10.1. The number of carboxylic acids is 1. The zero-order valence-electron chi connectivity index (χ0n) is 9.59. The molecule has 2 nitrogen and oxygen atoms in total. The van der Waals surface area contributed by atoms with Crippen molar-refractivity contribution in [3.05, 3.63) is 11.6 Å². The largest absolute Gasteiger partial charge is 0.481 e. The van der Waals surface area contributed by atoms with E-state index in [-0.39, 0.29) is 11.8 Å². The van der Waals surface area contributed by atoms with Crippen molar-refractivity contribution in [2.75, 3.05) is 0 Å². The molecule has 13 heavy (non-hydrogen) atoms. The van der Waals surface area contributed by atoms with Gasteiger partial charge in [0.25, 0.3) is 0 Å². The minimum Gasteiger partial charge on any atom is -0.481 e. The highest BCUT2D eigenvalue weighted by molar-refractivity contribution is 5.69. The smallest absolute Gasteiger partial charge is 0.306 e. The molecule has 0 rings (SSSR count). The highest BCUT2D eigenvalue weighted by Gasteiger charge is 2.13. The molecular formula is C11H22O2. The number of carbonyl (C=O) groups is 1. The summed E-state index contributed by atoms with van der Waals surface area (Å²) in [5.74, 6) is -0.678. The van der Waals surface area contributed by atoms with Crippen LogP contribution in [0.4, 0.5) is 0 Å². The van der Waals surface area contributed by atoms with Gasteiger partial charge in [-0.3, -0.25) is 4.79 Å². The first kappa shape index (κ1) is 14.7. The van der Waals surface area contributed by atoms with Gasteiger partial charge in [-0.25, -0.2) is 0 Å². The normalized spacial score (nSPS) is 11.3. The lowest BCUT2D eigenvalue weighted by atomic mass is 9.99. The lowest BCUT2D eigenvalue weighted by molar-refractivity contribution is -0.142. The SMILES string of the molecule is CC(C)C(C)C(=O)O.CC=C(C)C. The third-order valence-electron chi connectivity index (χ3n) is 1.97. The third kappa shape index (κ3) is 11.2. The number of carboxylic acid groups (broad SMARTS) is 1. The molecule has 1 N–H and O–H groups in total. The highest BCUT2D eigenvalue weighted by Crippen LogP contribution is 2.08. The van der Waals surface area contributed by atoms with Crippen molar-refractivity contribution in [2.24, 2.45) is 11.8 Å². The Bertz CT molecular complexity index is 165. The Morgan fingerprint density at radius 3 is 1.54 bits per heavy atom. The summed E-state index contributed by atoms with van der Waals surface area (Å²) in [5, 5.41) is 8.35. The minimum absolute atomic E-state index is 0.213. The molecule has 0 aliphatic heterocycles. The van der Waals surface area contributed by atoms with Gasteiger partial charge >= 0.3 is 5.97 Å². The number of aliphatic carboxylic acids is 1. The molecule has 0 aliphatic rings. The summed E-state index contributed by atoms with van der Waals surface area (Å²) in [6.07, 6.45) is 2.08. The molecular weight excluding hydrogens is 164 g/mol. The summed E-state index contributed by atoms with van der Waals surface area (Å²) in [6, 6.07) is 0. The molecule has 0 aromatic rings. The summed E-state index contributed by atoms with van der Waals surface area (Å²) in [4.78, 5) is 10.1. The van der Waals surface area contributed by atoms with Gasteiger partial charge in [-0.05, 0) is 26.7 Å². The summed E-state index contributed by atoms with van der Waals surface area (Å²) in [6.45, 7) is 11.7. The fraction of sp³-hybridized carbons (Fsp3) is 0.727. The summed E-state index contributed by atoms with van der Waals surface area (Å²) in [7, 11) is 0. The topological polar surface area (TPSA) is 37.3 Å². The van der Waals surface area contributed by atoms with Crippen LogP contribution in [0.3, 0.4) is 0 Å².